The largest absolute Gasteiger partial charge is 0.365 e. The maximum atomic E-state index is 9.14. The van der Waals surface area contributed by atoms with Crippen LogP contribution in [0, 0.1) is 11.3 Å². The zero-order chi connectivity index (χ0) is 11.8. The van der Waals surface area contributed by atoms with Crippen LogP contribution in [0.4, 0.5) is 5.69 Å². The minimum atomic E-state index is 0.138. The fraction of sp³-hybridized carbons (Fsp3) is 0.462. The van der Waals surface area contributed by atoms with Crippen molar-refractivity contribution in [3.8, 4) is 6.07 Å². The first-order chi connectivity index (χ1) is 7.54. The second-order valence-electron chi connectivity index (χ2n) is 4.84. The van der Waals surface area contributed by atoms with Gasteiger partial charge in [0.05, 0.1) is 11.3 Å². The molecule has 1 saturated heterocycles. The van der Waals surface area contributed by atoms with Gasteiger partial charge in [-0.05, 0) is 44.9 Å². The number of benzene rings is 1. The lowest BCUT2D eigenvalue weighted by Gasteiger charge is -2.34. The zero-order valence-electron chi connectivity index (χ0n) is 9.63. The molecule has 0 N–H and O–H groups in total. The summed E-state index contributed by atoms with van der Waals surface area (Å²) in [7, 11) is 0. The molecule has 0 unspecified atom stereocenters. The summed E-state index contributed by atoms with van der Waals surface area (Å²) in [5.74, 6) is 0. The van der Waals surface area contributed by atoms with Crippen LogP contribution < -0.4 is 4.90 Å². The standard InChI is InChI=1S/C13H15ClN2/c1-13(2)6-3-7-16(13)12-5-4-11(14)8-10(12)9-15/h4-5,8H,3,6-7H2,1-2H3. The lowest BCUT2D eigenvalue weighted by atomic mass is 10.0. The predicted molar refractivity (Wildman–Crippen MR) is 66.8 cm³/mol. The molecule has 1 aromatic rings. The van der Waals surface area contributed by atoms with Crippen molar-refractivity contribution in [2.45, 2.75) is 32.2 Å². The molecule has 0 spiro atoms. The van der Waals surface area contributed by atoms with Crippen LogP contribution in [-0.2, 0) is 0 Å². The van der Waals surface area contributed by atoms with E-state index in [1.54, 1.807) is 6.07 Å². The number of rotatable bonds is 1. The van der Waals surface area contributed by atoms with Crippen LogP contribution in [0.25, 0.3) is 0 Å². The number of anilines is 1. The molecule has 3 heteroatoms. The van der Waals surface area contributed by atoms with Gasteiger partial charge in [-0.2, -0.15) is 5.26 Å². The molecule has 1 aliphatic heterocycles. The number of nitrogens with zero attached hydrogens (tertiary/aromatic N) is 2. The zero-order valence-corrected chi connectivity index (χ0v) is 10.4. The van der Waals surface area contributed by atoms with Crippen molar-refractivity contribution in [3.05, 3.63) is 28.8 Å². The molecule has 0 aromatic heterocycles. The van der Waals surface area contributed by atoms with Crippen LogP contribution in [0.2, 0.25) is 5.02 Å². The average molecular weight is 235 g/mol. The molecular weight excluding hydrogens is 220 g/mol. The number of halogens is 1. The van der Waals surface area contributed by atoms with Crippen LogP contribution >= 0.6 is 11.6 Å². The third kappa shape index (κ3) is 1.88. The second-order valence-corrected chi connectivity index (χ2v) is 5.28. The van der Waals surface area contributed by atoms with Gasteiger partial charge in [0.15, 0.2) is 0 Å². The summed E-state index contributed by atoms with van der Waals surface area (Å²) in [6.07, 6.45) is 2.35. The lowest BCUT2D eigenvalue weighted by Crippen LogP contribution is -2.38. The summed E-state index contributed by atoms with van der Waals surface area (Å²) in [6, 6.07) is 7.77. The number of nitriles is 1. The van der Waals surface area contributed by atoms with Gasteiger partial charge in [0, 0.05) is 17.1 Å². The highest BCUT2D eigenvalue weighted by Gasteiger charge is 2.33. The Hall–Kier alpha value is -1.20. The van der Waals surface area contributed by atoms with E-state index in [0.717, 1.165) is 12.2 Å². The molecule has 1 aromatic carbocycles. The third-order valence-electron chi connectivity index (χ3n) is 3.27. The van der Waals surface area contributed by atoms with Crippen molar-refractivity contribution in [1.82, 2.24) is 0 Å². The van der Waals surface area contributed by atoms with Crippen LogP contribution in [0.15, 0.2) is 18.2 Å². The topological polar surface area (TPSA) is 27.0 Å². The summed E-state index contributed by atoms with van der Waals surface area (Å²) in [5, 5.41) is 9.76. The maximum Gasteiger partial charge on any atom is 0.101 e. The third-order valence-corrected chi connectivity index (χ3v) is 3.51. The molecule has 16 heavy (non-hydrogen) atoms. The van der Waals surface area contributed by atoms with Crippen LogP contribution in [0.5, 0.6) is 0 Å². The summed E-state index contributed by atoms with van der Waals surface area (Å²) in [5.41, 5.74) is 1.82. The van der Waals surface area contributed by atoms with Crippen molar-refractivity contribution in [1.29, 1.82) is 5.26 Å². The summed E-state index contributed by atoms with van der Waals surface area (Å²) >= 11 is 5.90. The SMILES string of the molecule is CC1(C)CCCN1c1ccc(Cl)cc1C#N. The van der Waals surface area contributed by atoms with Gasteiger partial charge in [-0.25, -0.2) is 0 Å². The Morgan fingerprint density at radius 2 is 2.19 bits per heavy atom. The Morgan fingerprint density at radius 3 is 2.75 bits per heavy atom. The second kappa shape index (κ2) is 3.99. The van der Waals surface area contributed by atoms with E-state index in [2.05, 4.69) is 24.8 Å². The Kier molecular flexibility index (Phi) is 2.82. The Balaban J connectivity index is 2.45. The fourth-order valence-corrected chi connectivity index (χ4v) is 2.56. The highest BCUT2D eigenvalue weighted by Crippen LogP contribution is 2.36. The van der Waals surface area contributed by atoms with Gasteiger partial charge in [0.2, 0.25) is 0 Å². The van der Waals surface area contributed by atoms with Crippen molar-refractivity contribution in [2.24, 2.45) is 0 Å². The van der Waals surface area contributed by atoms with Crippen molar-refractivity contribution < 1.29 is 0 Å². The summed E-state index contributed by atoms with van der Waals surface area (Å²) < 4.78 is 0. The lowest BCUT2D eigenvalue weighted by molar-refractivity contribution is 0.517. The van der Waals surface area contributed by atoms with Gasteiger partial charge < -0.3 is 4.90 Å². The molecule has 0 saturated carbocycles. The van der Waals surface area contributed by atoms with E-state index in [0.29, 0.717) is 10.6 Å². The molecule has 0 radical (unpaired) electrons. The number of hydrogen-bond donors (Lipinski definition) is 0. The maximum absolute atomic E-state index is 9.14. The van der Waals surface area contributed by atoms with Gasteiger partial charge in [0.1, 0.15) is 6.07 Å². The van der Waals surface area contributed by atoms with E-state index in [-0.39, 0.29) is 5.54 Å². The Morgan fingerprint density at radius 1 is 1.44 bits per heavy atom. The minimum absolute atomic E-state index is 0.138. The van der Waals surface area contributed by atoms with Crippen molar-refractivity contribution in [3.63, 3.8) is 0 Å². The average Bonchev–Trinajstić information content (AvgIpc) is 2.58. The van der Waals surface area contributed by atoms with E-state index < -0.39 is 0 Å². The van der Waals surface area contributed by atoms with Gasteiger partial charge in [-0.15, -0.1) is 0 Å². The van der Waals surface area contributed by atoms with E-state index in [1.807, 2.05) is 12.1 Å². The minimum Gasteiger partial charge on any atom is -0.365 e. The highest BCUT2D eigenvalue weighted by atomic mass is 35.5. The van der Waals surface area contributed by atoms with Gasteiger partial charge in [-0.1, -0.05) is 11.6 Å². The molecule has 0 atom stereocenters. The monoisotopic (exact) mass is 234 g/mol. The van der Waals surface area contributed by atoms with E-state index in [1.165, 1.54) is 12.8 Å². The van der Waals surface area contributed by atoms with E-state index in [9.17, 15) is 0 Å². The first kappa shape index (κ1) is 11.3. The predicted octanol–water partition coefficient (Wildman–Crippen LogP) is 3.59. The van der Waals surface area contributed by atoms with Crippen LogP contribution in [-0.4, -0.2) is 12.1 Å². The molecule has 0 bridgehead atoms. The molecule has 2 rings (SSSR count). The normalized spacial score (nSPS) is 18.5. The molecular formula is C13H15ClN2. The van der Waals surface area contributed by atoms with Crippen LogP contribution in [0.3, 0.4) is 0 Å². The Labute approximate surface area is 101 Å². The van der Waals surface area contributed by atoms with Gasteiger partial charge in [0.25, 0.3) is 0 Å². The van der Waals surface area contributed by atoms with Crippen LogP contribution in [0.1, 0.15) is 32.3 Å². The summed E-state index contributed by atoms with van der Waals surface area (Å²) in [4.78, 5) is 2.31. The number of hydrogen-bond acceptors (Lipinski definition) is 2. The fourth-order valence-electron chi connectivity index (χ4n) is 2.39. The molecule has 84 valence electrons. The highest BCUT2D eigenvalue weighted by molar-refractivity contribution is 6.30. The first-order valence-corrected chi connectivity index (χ1v) is 5.90. The Bertz CT molecular complexity index is 446. The van der Waals surface area contributed by atoms with Gasteiger partial charge in [-0.3, -0.25) is 0 Å². The molecule has 0 aliphatic carbocycles. The molecule has 1 fully saturated rings. The molecule has 2 nitrogen and oxygen atoms in total. The van der Waals surface area contributed by atoms with Crippen molar-refractivity contribution >= 4 is 17.3 Å². The quantitative estimate of drug-likeness (QED) is 0.743. The van der Waals surface area contributed by atoms with E-state index in [4.69, 9.17) is 16.9 Å². The van der Waals surface area contributed by atoms with Gasteiger partial charge >= 0.3 is 0 Å². The molecule has 1 aliphatic rings. The first-order valence-electron chi connectivity index (χ1n) is 5.52. The van der Waals surface area contributed by atoms with Crippen molar-refractivity contribution in [2.75, 3.05) is 11.4 Å². The summed E-state index contributed by atoms with van der Waals surface area (Å²) in [6.45, 7) is 5.45. The molecule has 1 heterocycles. The molecule has 0 amide bonds. The smallest absolute Gasteiger partial charge is 0.101 e. The van der Waals surface area contributed by atoms with E-state index >= 15 is 0 Å².